The first kappa shape index (κ1) is 22.7. The van der Waals surface area contributed by atoms with Crippen LogP contribution in [0.15, 0.2) is 66.7 Å². The third-order valence-electron chi connectivity index (χ3n) is 6.62. The molecule has 2 unspecified atom stereocenters. The van der Waals surface area contributed by atoms with Crippen molar-refractivity contribution >= 4 is 23.0 Å². The summed E-state index contributed by atoms with van der Waals surface area (Å²) < 4.78 is 0. The van der Waals surface area contributed by atoms with Crippen LogP contribution in [0, 0.1) is 5.41 Å². The molecule has 2 aliphatic heterocycles. The van der Waals surface area contributed by atoms with Crippen molar-refractivity contribution in [3.63, 3.8) is 0 Å². The lowest BCUT2D eigenvalue weighted by molar-refractivity contribution is 0.166. The van der Waals surface area contributed by atoms with E-state index in [0.717, 1.165) is 43.4 Å². The number of aromatic nitrogens is 1. The van der Waals surface area contributed by atoms with Crippen LogP contribution in [0.4, 0.5) is 23.0 Å². The summed E-state index contributed by atoms with van der Waals surface area (Å²) in [4.78, 5) is 11.3. The largest absolute Gasteiger partial charge is 0.356 e. The topological polar surface area (TPSA) is 54.9 Å². The predicted octanol–water partition coefficient (Wildman–Crippen LogP) is 4.51. The molecule has 0 radical (unpaired) electrons. The highest BCUT2D eigenvalue weighted by Gasteiger charge is 2.36. The molecular weight excluding hydrogens is 422 g/mol. The van der Waals surface area contributed by atoms with Gasteiger partial charge in [-0.1, -0.05) is 69.3 Å². The van der Waals surface area contributed by atoms with Crippen LogP contribution >= 0.6 is 0 Å². The number of fused-ring (bicyclic) bond motifs is 2. The first-order valence-electron chi connectivity index (χ1n) is 12.1. The number of para-hydroxylation sites is 1. The van der Waals surface area contributed by atoms with Crippen LogP contribution in [-0.4, -0.2) is 42.6 Å². The second-order valence-corrected chi connectivity index (χ2v) is 10.7. The minimum atomic E-state index is -0.703. The maximum atomic E-state index is 10.9. The smallest absolute Gasteiger partial charge is 0.208 e. The Hall–Kier alpha value is -3.09. The van der Waals surface area contributed by atoms with E-state index < -0.39 is 6.35 Å². The molecule has 34 heavy (non-hydrogen) atoms. The highest BCUT2D eigenvalue weighted by Crippen LogP contribution is 2.41. The number of pyridine rings is 1. The lowest BCUT2D eigenvalue weighted by Gasteiger charge is -2.36. The van der Waals surface area contributed by atoms with E-state index in [1.807, 2.05) is 16.8 Å². The number of hydrogen-bond acceptors (Lipinski definition) is 6. The van der Waals surface area contributed by atoms with Crippen molar-refractivity contribution < 1.29 is 5.11 Å². The molecule has 6 nitrogen and oxygen atoms in total. The average molecular weight is 458 g/mol. The normalized spacial score (nSPS) is 19.9. The molecule has 0 fully saturated rings. The van der Waals surface area contributed by atoms with Crippen LogP contribution in [-0.2, 0) is 13.0 Å². The van der Waals surface area contributed by atoms with Gasteiger partial charge in [0.25, 0.3) is 0 Å². The Bertz CT molecular complexity index is 1140. The Morgan fingerprint density at radius 3 is 2.47 bits per heavy atom. The van der Waals surface area contributed by atoms with Crippen LogP contribution in [0.25, 0.3) is 0 Å². The number of nitrogens with zero attached hydrogens (tertiary/aromatic N) is 4. The molecule has 0 amide bonds. The van der Waals surface area contributed by atoms with Gasteiger partial charge in [0.2, 0.25) is 6.35 Å². The van der Waals surface area contributed by atoms with Crippen molar-refractivity contribution in [3.05, 3.63) is 77.9 Å². The van der Waals surface area contributed by atoms with Gasteiger partial charge in [-0.05, 0) is 41.2 Å². The summed E-state index contributed by atoms with van der Waals surface area (Å²) in [7, 11) is 1.91. The van der Waals surface area contributed by atoms with Gasteiger partial charge in [0, 0.05) is 38.4 Å². The molecule has 2 N–H and O–H groups in total. The number of anilines is 4. The van der Waals surface area contributed by atoms with Crippen molar-refractivity contribution in [2.24, 2.45) is 5.41 Å². The van der Waals surface area contributed by atoms with Crippen LogP contribution in [0.1, 0.15) is 31.9 Å². The fourth-order valence-electron chi connectivity index (χ4n) is 4.99. The molecule has 0 spiro atoms. The summed E-state index contributed by atoms with van der Waals surface area (Å²) in [5.74, 6) is 1.74. The Labute approximate surface area is 202 Å². The van der Waals surface area contributed by atoms with E-state index in [9.17, 15) is 5.11 Å². The number of aliphatic hydroxyl groups is 1. The summed E-state index contributed by atoms with van der Waals surface area (Å²) in [5.41, 5.74) is 4.87. The number of aliphatic hydroxyl groups excluding tert-OH is 1. The Kier molecular flexibility index (Phi) is 5.96. The van der Waals surface area contributed by atoms with Crippen LogP contribution in [0.3, 0.4) is 0 Å². The molecule has 0 saturated heterocycles. The summed E-state index contributed by atoms with van der Waals surface area (Å²) in [6, 6.07) is 23.7. The van der Waals surface area contributed by atoms with Crippen LogP contribution in [0.2, 0.25) is 0 Å². The van der Waals surface area contributed by atoms with Gasteiger partial charge < -0.3 is 25.1 Å². The molecule has 3 aromatic rings. The van der Waals surface area contributed by atoms with E-state index in [2.05, 4.69) is 97.7 Å². The molecule has 5 rings (SSSR count). The second kappa shape index (κ2) is 8.93. The van der Waals surface area contributed by atoms with E-state index >= 15 is 0 Å². The molecule has 2 atom stereocenters. The standard InChI is InChI=1S/C28H35N5O/c1-28(2,3)19-33-24-14-15-25(30-26(24)31(4)27(33)34)32-18-22(16-21-12-8-9-13-23(21)32)29-17-20-10-6-5-7-11-20/h5-15,22,27,29,34H,16-19H2,1-4H3. The highest BCUT2D eigenvalue weighted by atomic mass is 16.3. The van der Waals surface area contributed by atoms with Crippen molar-refractivity contribution in [2.75, 3.05) is 34.8 Å². The van der Waals surface area contributed by atoms with E-state index in [4.69, 9.17) is 4.98 Å². The molecule has 2 aromatic carbocycles. The second-order valence-electron chi connectivity index (χ2n) is 10.7. The Morgan fingerprint density at radius 1 is 0.971 bits per heavy atom. The monoisotopic (exact) mass is 457 g/mol. The molecule has 1 aromatic heterocycles. The van der Waals surface area contributed by atoms with Crippen molar-refractivity contribution in [2.45, 2.75) is 46.1 Å². The lowest BCUT2D eigenvalue weighted by Crippen LogP contribution is -2.45. The third-order valence-corrected chi connectivity index (χ3v) is 6.62. The van der Waals surface area contributed by atoms with Gasteiger partial charge in [0.1, 0.15) is 5.82 Å². The first-order chi connectivity index (χ1) is 16.3. The minimum absolute atomic E-state index is 0.0611. The quantitative estimate of drug-likeness (QED) is 0.588. The summed E-state index contributed by atoms with van der Waals surface area (Å²) >= 11 is 0. The van der Waals surface area contributed by atoms with Crippen molar-refractivity contribution in [1.29, 1.82) is 0 Å². The molecule has 0 bridgehead atoms. The molecular formula is C28H35N5O. The third kappa shape index (κ3) is 4.48. The van der Waals surface area contributed by atoms with Gasteiger partial charge >= 0.3 is 0 Å². The molecule has 3 heterocycles. The summed E-state index contributed by atoms with van der Waals surface area (Å²) in [6.45, 7) is 9.00. The Balaban J connectivity index is 1.43. The number of rotatable bonds is 5. The van der Waals surface area contributed by atoms with Gasteiger partial charge in [-0.3, -0.25) is 0 Å². The van der Waals surface area contributed by atoms with E-state index in [1.54, 1.807) is 0 Å². The average Bonchev–Trinajstić information content (AvgIpc) is 3.06. The van der Waals surface area contributed by atoms with Crippen molar-refractivity contribution in [1.82, 2.24) is 10.3 Å². The molecule has 0 saturated carbocycles. The zero-order valence-corrected chi connectivity index (χ0v) is 20.6. The molecule has 0 aliphatic carbocycles. The van der Waals surface area contributed by atoms with Crippen LogP contribution in [0.5, 0.6) is 0 Å². The van der Waals surface area contributed by atoms with Gasteiger partial charge in [-0.15, -0.1) is 0 Å². The Morgan fingerprint density at radius 2 is 1.71 bits per heavy atom. The number of hydrogen-bond donors (Lipinski definition) is 2. The maximum absolute atomic E-state index is 10.9. The van der Waals surface area contributed by atoms with Gasteiger partial charge in [-0.25, -0.2) is 4.98 Å². The molecule has 178 valence electrons. The van der Waals surface area contributed by atoms with Crippen molar-refractivity contribution in [3.8, 4) is 0 Å². The van der Waals surface area contributed by atoms with Crippen LogP contribution < -0.4 is 20.0 Å². The van der Waals surface area contributed by atoms with Gasteiger partial charge in [0.15, 0.2) is 5.82 Å². The zero-order valence-electron chi connectivity index (χ0n) is 20.6. The first-order valence-corrected chi connectivity index (χ1v) is 12.1. The number of nitrogens with one attached hydrogen (secondary N) is 1. The van der Waals surface area contributed by atoms with E-state index in [1.165, 1.54) is 16.8 Å². The zero-order chi connectivity index (χ0) is 23.9. The maximum Gasteiger partial charge on any atom is 0.208 e. The SMILES string of the molecule is CN1c2nc(N3CC(NCc4ccccc4)Cc4ccccc43)ccc2N(CC(C)(C)C)C1O. The predicted molar refractivity (Wildman–Crippen MR) is 140 cm³/mol. The van der Waals surface area contributed by atoms with E-state index in [0.29, 0.717) is 6.04 Å². The highest BCUT2D eigenvalue weighted by molar-refractivity contribution is 5.77. The van der Waals surface area contributed by atoms with Gasteiger partial charge in [0.05, 0.1) is 5.69 Å². The van der Waals surface area contributed by atoms with Gasteiger partial charge in [-0.2, -0.15) is 0 Å². The minimum Gasteiger partial charge on any atom is -0.356 e. The fourth-order valence-corrected chi connectivity index (χ4v) is 4.99. The van der Waals surface area contributed by atoms with E-state index in [-0.39, 0.29) is 5.41 Å². The number of benzene rings is 2. The molecule has 2 aliphatic rings. The summed E-state index contributed by atoms with van der Waals surface area (Å²) in [6.07, 6.45) is 0.286. The molecule has 6 heteroatoms. The lowest BCUT2D eigenvalue weighted by atomic mass is 9.96. The fraction of sp³-hybridized carbons (Fsp3) is 0.393. The summed E-state index contributed by atoms with van der Waals surface area (Å²) in [5, 5.41) is 14.7.